The van der Waals surface area contributed by atoms with Gasteiger partial charge in [-0.3, -0.25) is 9.59 Å². The Kier molecular flexibility index (Phi) is 18.4. The number of benzene rings is 2. The predicted octanol–water partition coefficient (Wildman–Crippen LogP) is 11.2. The molecule has 10 heteroatoms. The third-order valence-electron chi connectivity index (χ3n) is 11.7. The van der Waals surface area contributed by atoms with Crippen molar-refractivity contribution in [1.29, 1.82) is 0 Å². The van der Waals surface area contributed by atoms with Crippen molar-refractivity contribution < 1.29 is 39.6 Å². The van der Waals surface area contributed by atoms with Crippen LogP contribution in [0.2, 0.25) is 0 Å². The third-order valence-corrected chi connectivity index (χ3v) is 11.7. The van der Waals surface area contributed by atoms with Gasteiger partial charge in [-0.15, -0.1) is 0 Å². The van der Waals surface area contributed by atoms with Crippen LogP contribution >= 0.6 is 0 Å². The molecule has 350 valence electrons. The molecule has 2 amide bonds. The van der Waals surface area contributed by atoms with E-state index in [2.05, 4.69) is 10.6 Å². The molecule has 6 N–H and O–H groups in total. The zero-order valence-electron chi connectivity index (χ0n) is 41.4. The van der Waals surface area contributed by atoms with Crippen LogP contribution in [0, 0.1) is 11.8 Å². The Morgan fingerprint density at radius 1 is 0.468 bits per heavy atom. The average molecular weight is 865 g/mol. The topological polar surface area (TPSA) is 173 Å². The van der Waals surface area contributed by atoms with E-state index in [1.54, 1.807) is 0 Å². The first-order valence-corrected chi connectivity index (χ1v) is 23.0. The van der Waals surface area contributed by atoms with Crippen LogP contribution < -0.4 is 10.6 Å². The van der Waals surface area contributed by atoms with Crippen LogP contribution in [-0.4, -0.2) is 55.3 Å². The number of nitrogens with one attached hydrogen (secondary N) is 2. The van der Waals surface area contributed by atoms with E-state index in [1.807, 2.05) is 135 Å². The number of aromatic hydroxyl groups is 2. The summed E-state index contributed by atoms with van der Waals surface area (Å²) in [7, 11) is 0. The highest BCUT2D eigenvalue weighted by molar-refractivity contribution is 5.88. The Morgan fingerprint density at radius 3 is 0.919 bits per heavy atom. The molecule has 0 fully saturated rings. The summed E-state index contributed by atoms with van der Waals surface area (Å²) in [5.74, 6) is -2.35. The molecule has 0 spiro atoms. The van der Waals surface area contributed by atoms with E-state index < -0.39 is 23.0 Å². The van der Waals surface area contributed by atoms with Gasteiger partial charge in [-0.1, -0.05) is 161 Å². The second-order valence-electron chi connectivity index (χ2n) is 23.1. The summed E-state index contributed by atoms with van der Waals surface area (Å²) in [5.41, 5.74) is -0.108. The van der Waals surface area contributed by atoms with Gasteiger partial charge < -0.3 is 31.1 Å². The lowest BCUT2D eigenvalue weighted by Gasteiger charge is -2.34. The molecule has 0 aliphatic heterocycles. The van der Waals surface area contributed by atoms with E-state index in [1.165, 1.54) is 0 Å². The fourth-order valence-electron chi connectivity index (χ4n) is 8.67. The van der Waals surface area contributed by atoms with Crippen molar-refractivity contribution in [3.05, 3.63) is 57.6 Å². The molecule has 0 aromatic heterocycles. The minimum absolute atomic E-state index is 0.00642. The van der Waals surface area contributed by atoms with Gasteiger partial charge in [0.15, 0.2) is 0 Å². The molecule has 10 nitrogen and oxygen atoms in total. The van der Waals surface area contributed by atoms with Gasteiger partial charge in [-0.25, -0.2) is 9.59 Å². The number of amides is 2. The number of aliphatic carboxylic acids is 2. The number of hydrogen-bond donors (Lipinski definition) is 6. The van der Waals surface area contributed by atoms with Crippen molar-refractivity contribution in [3.8, 4) is 11.5 Å². The number of phenols is 2. The summed E-state index contributed by atoms with van der Waals surface area (Å²) in [6.07, 6.45) is 5.43. The minimum Gasteiger partial charge on any atom is -0.507 e. The largest absolute Gasteiger partial charge is 0.507 e. The van der Waals surface area contributed by atoms with Gasteiger partial charge in [0.25, 0.3) is 0 Å². The van der Waals surface area contributed by atoms with E-state index in [-0.39, 0.29) is 95.3 Å². The molecule has 0 saturated heterocycles. The van der Waals surface area contributed by atoms with Gasteiger partial charge in [-0.05, 0) is 92.6 Å². The fraction of sp³-hybridized carbons (Fsp3) is 0.692. The summed E-state index contributed by atoms with van der Waals surface area (Å²) in [5, 5.41) is 49.7. The lowest BCUT2D eigenvalue weighted by molar-refractivity contribution is -0.148. The average Bonchev–Trinajstić information content (AvgIpc) is 3.07. The molecule has 2 aromatic rings. The first kappa shape index (κ1) is 54.1. The second-order valence-corrected chi connectivity index (χ2v) is 23.1. The SMILES string of the molecule is CC(C)CC(Cc1cc(C(C)(C)C)c(O)c(C(C)(C)C)c1)(NC(=O)CCCCCCCCC(=O)NC(Cc1cc(C(C)(C)C)c(O)c(C(C)(C)C)c1)(CC(C)C)C(=O)O)C(=O)O. The summed E-state index contributed by atoms with van der Waals surface area (Å²) < 4.78 is 0. The van der Waals surface area contributed by atoms with Crippen molar-refractivity contribution in [2.45, 2.75) is 221 Å². The number of hydrogen-bond acceptors (Lipinski definition) is 6. The number of carbonyl (C=O) groups excluding carboxylic acids is 2. The van der Waals surface area contributed by atoms with E-state index in [0.29, 0.717) is 12.8 Å². The van der Waals surface area contributed by atoms with Gasteiger partial charge in [0.05, 0.1) is 0 Å². The van der Waals surface area contributed by atoms with Crippen LogP contribution in [-0.2, 0) is 53.7 Å². The highest BCUT2D eigenvalue weighted by atomic mass is 16.4. The van der Waals surface area contributed by atoms with Crippen LogP contribution in [0.1, 0.15) is 208 Å². The molecule has 2 rings (SSSR count). The maximum absolute atomic E-state index is 13.4. The number of rotatable bonds is 21. The Morgan fingerprint density at radius 2 is 0.710 bits per heavy atom. The molecule has 62 heavy (non-hydrogen) atoms. The van der Waals surface area contributed by atoms with Crippen LogP contribution in [0.4, 0.5) is 0 Å². The van der Waals surface area contributed by atoms with Gasteiger partial charge in [0.2, 0.25) is 11.8 Å². The molecule has 0 aliphatic rings. The molecule has 2 unspecified atom stereocenters. The molecule has 0 heterocycles. The van der Waals surface area contributed by atoms with E-state index in [0.717, 1.165) is 59.1 Å². The summed E-state index contributed by atoms with van der Waals surface area (Å²) in [6, 6.07) is 7.54. The van der Waals surface area contributed by atoms with Gasteiger partial charge in [0.1, 0.15) is 22.6 Å². The first-order chi connectivity index (χ1) is 28.1. The number of carboxylic acid groups (broad SMARTS) is 2. The molecule has 0 radical (unpaired) electrons. The number of carbonyl (C=O) groups is 4. The minimum atomic E-state index is -1.52. The van der Waals surface area contributed by atoms with Crippen molar-refractivity contribution >= 4 is 23.8 Å². The van der Waals surface area contributed by atoms with Crippen molar-refractivity contribution in [2.24, 2.45) is 11.8 Å². The smallest absolute Gasteiger partial charge is 0.329 e. The van der Waals surface area contributed by atoms with E-state index in [4.69, 9.17) is 0 Å². The Balaban J connectivity index is 2.08. The lowest BCUT2D eigenvalue weighted by Crippen LogP contribution is -2.57. The Hall–Kier alpha value is -4.08. The maximum atomic E-state index is 13.4. The summed E-state index contributed by atoms with van der Waals surface area (Å²) in [6.45, 7) is 32.0. The normalized spacial score (nSPS) is 14.7. The van der Waals surface area contributed by atoms with E-state index >= 15 is 0 Å². The Bertz CT molecular complexity index is 1660. The molecule has 0 bridgehead atoms. The summed E-state index contributed by atoms with van der Waals surface area (Å²) in [4.78, 5) is 53.0. The van der Waals surface area contributed by atoms with Gasteiger partial charge in [-0.2, -0.15) is 0 Å². The van der Waals surface area contributed by atoms with Crippen molar-refractivity contribution in [1.82, 2.24) is 10.6 Å². The molecule has 0 aliphatic carbocycles. The van der Waals surface area contributed by atoms with Crippen molar-refractivity contribution in [2.75, 3.05) is 0 Å². The zero-order valence-corrected chi connectivity index (χ0v) is 41.4. The third kappa shape index (κ3) is 15.3. The predicted molar refractivity (Wildman–Crippen MR) is 251 cm³/mol. The van der Waals surface area contributed by atoms with Crippen LogP contribution in [0.5, 0.6) is 11.5 Å². The van der Waals surface area contributed by atoms with Crippen molar-refractivity contribution in [3.63, 3.8) is 0 Å². The lowest BCUT2D eigenvalue weighted by atomic mass is 9.76. The molecular weight excluding hydrogens is 781 g/mol. The number of phenolic OH excluding ortho intramolecular Hbond substituents is 2. The number of carboxylic acids is 2. The van der Waals surface area contributed by atoms with Gasteiger partial charge in [0, 0.05) is 25.7 Å². The summed E-state index contributed by atoms with van der Waals surface area (Å²) >= 11 is 0. The van der Waals surface area contributed by atoms with Crippen LogP contribution in [0.3, 0.4) is 0 Å². The highest BCUT2D eigenvalue weighted by Gasteiger charge is 2.43. The molecule has 2 atom stereocenters. The van der Waals surface area contributed by atoms with Gasteiger partial charge >= 0.3 is 11.9 Å². The molecular formula is C52H84N2O8. The zero-order chi connectivity index (χ0) is 47.8. The molecule has 0 saturated carbocycles. The first-order valence-electron chi connectivity index (χ1n) is 23.0. The Labute approximate surface area is 374 Å². The van der Waals surface area contributed by atoms with Crippen LogP contribution in [0.25, 0.3) is 0 Å². The second kappa shape index (κ2) is 21.1. The maximum Gasteiger partial charge on any atom is 0.329 e. The quantitative estimate of drug-likeness (QED) is 0.0673. The standard InChI is InChI=1S/C52H84N2O8/c1-33(2)29-51(45(59)60,31-35-25-37(47(5,6)7)43(57)38(26-35)48(8,9)10)53-41(55)23-21-19-17-18-20-22-24-42(56)54-52(46(61)62,30-34(3)4)32-36-27-39(49(11,12)13)44(58)40(28-36)50(14,15)16/h25-28,33-34,57-58H,17-24,29-32H2,1-16H3,(H,53,55)(H,54,56)(H,59,60)(H,61,62). The van der Waals surface area contributed by atoms with Crippen LogP contribution in [0.15, 0.2) is 24.3 Å². The molecule has 2 aromatic carbocycles. The number of unbranched alkanes of at least 4 members (excludes halogenated alkanes) is 5. The highest BCUT2D eigenvalue weighted by Crippen LogP contribution is 2.42. The monoisotopic (exact) mass is 865 g/mol. The fourth-order valence-corrected chi connectivity index (χ4v) is 8.67. The van der Waals surface area contributed by atoms with E-state index in [9.17, 15) is 39.6 Å².